The van der Waals surface area contributed by atoms with Crippen molar-refractivity contribution >= 4 is 23.3 Å². The van der Waals surface area contributed by atoms with E-state index in [1.807, 2.05) is 25.1 Å². The Hall–Kier alpha value is -1.22. The van der Waals surface area contributed by atoms with Crippen molar-refractivity contribution in [3.05, 3.63) is 28.8 Å². The van der Waals surface area contributed by atoms with E-state index >= 15 is 0 Å². The Morgan fingerprint density at radius 2 is 2.22 bits per heavy atom. The van der Waals surface area contributed by atoms with Gasteiger partial charge in [-0.1, -0.05) is 43.5 Å². The summed E-state index contributed by atoms with van der Waals surface area (Å²) in [6.45, 7) is 4.03. The third-order valence-electron chi connectivity index (χ3n) is 2.85. The number of carbonyl (C=O) groups excluding carboxylic acids is 1. The number of nitrogens with one attached hydrogen (secondary N) is 1. The van der Waals surface area contributed by atoms with Crippen molar-refractivity contribution in [3.8, 4) is 0 Å². The fraction of sp³-hybridized carbons (Fsp3) is 0.500. The van der Waals surface area contributed by atoms with Gasteiger partial charge >= 0.3 is 5.97 Å². The lowest BCUT2D eigenvalue weighted by atomic mass is 10.1. The van der Waals surface area contributed by atoms with Crippen molar-refractivity contribution in [2.24, 2.45) is 0 Å². The SMILES string of the molecule is CCCCC(Nc1cccc(C)c1Cl)C(=O)OC. The van der Waals surface area contributed by atoms with Gasteiger partial charge in [-0.2, -0.15) is 0 Å². The molecule has 1 atom stereocenters. The zero-order valence-corrected chi connectivity index (χ0v) is 11.9. The van der Waals surface area contributed by atoms with E-state index < -0.39 is 0 Å². The van der Waals surface area contributed by atoms with Crippen LogP contribution in [0.2, 0.25) is 5.02 Å². The van der Waals surface area contributed by atoms with Crippen LogP contribution in [0.5, 0.6) is 0 Å². The fourth-order valence-corrected chi connectivity index (χ4v) is 1.93. The van der Waals surface area contributed by atoms with E-state index in [0.29, 0.717) is 5.02 Å². The highest BCUT2D eigenvalue weighted by Gasteiger charge is 2.19. The van der Waals surface area contributed by atoms with Crippen LogP contribution < -0.4 is 5.32 Å². The molecule has 18 heavy (non-hydrogen) atoms. The Balaban J connectivity index is 2.81. The van der Waals surface area contributed by atoms with E-state index in [4.69, 9.17) is 16.3 Å². The Labute approximate surface area is 113 Å². The smallest absolute Gasteiger partial charge is 0.328 e. The quantitative estimate of drug-likeness (QED) is 0.799. The maximum Gasteiger partial charge on any atom is 0.328 e. The number of aryl methyl sites for hydroxylation is 1. The Kier molecular flexibility index (Phi) is 5.99. The third kappa shape index (κ3) is 3.91. The van der Waals surface area contributed by atoms with E-state index in [0.717, 1.165) is 30.5 Å². The Morgan fingerprint density at radius 1 is 1.50 bits per heavy atom. The number of anilines is 1. The summed E-state index contributed by atoms with van der Waals surface area (Å²) in [6, 6.07) is 5.39. The van der Waals surface area contributed by atoms with Crippen molar-refractivity contribution in [3.63, 3.8) is 0 Å². The van der Waals surface area contributed by atoms with Crippen LogP contribution in [0, 0.1) is 6.92 Å². The van der Waals surface area contributed by atoms with Gasteiger partial charge in [-0.05, 0) is 25.0 Å². The third-order valence-corrected chi connectivity index (χ3v) is 3.36. The van der Waals surface area contributed by atoms with Gasteiger partial charge < -0.3 is 10.1 Å². The molecule has 0 aliphatic heterocycles. The lowest BCUT2D eigenvalue weighted by Crippen LogP contribution is -2.30. The van der Waals surface area contributed by atoms with Crippen molar-refractivity contribution in [1.29, 1.82) is 0 Å². The predicted octanol–water partition coefficient (Wildman–Crippen LogP) is 3.79. The molecular weight excluding hydrogens is 250 g/mol. The zero-order valence-electron chi connectivity index (χ0n) is 11.1. The van der Waals surface area contributed by atoms with Crippen molar-refractivity contribution in [2.75, 3.05) is 12.4 Å². The van der Waals surface area contributed by atoms with Gasteiger partial charge in [-0.3, -0.25) is 0 Å². The zero-order chi connectivity index (χ0) is 13.5. The van der Waals surface area contributed by atoms with Gasteiger partial charge in [0.05, 0.1) is 17.8 Å². The molecule has 0 spiro atoms. The first kappa shape index (κ1) is 14.8. The summed E-state index contributed by atoms with van der Waals surface area (Å²) in [5.41, 5.74) is 1.77. The minimum Gasteiger partial charge on any atom is -0.467 e. The van der Waals surface area contributed by atoms with Crippen LogP contribution in [0.25, 0.3) is 0 Å². The molecule has 0 aromatic heterocycles. The Bertz CT molecular complexity index is 407. The van der Waals surface area contributed by atoms with Gasteiger partial charge in [-0.25, -0.2) is 4.79 Å². The van der Waals surface area contributed by atoms with E-state index in [9.17, 15) is 4.79 Å². The predicted molar refractivity (Wildman–Crippen MR) is 75.1 cm³/mol. The first-order chi connectivity index (χ1) is 8.60. The molecule has 1 unspecified atom stereocenters. The minimum atomic E-state index is -0.339. The number of benzene rings is 1. The topological polar surface area (TPSA) is 38.3 Å². The molecule has 4 heteroatoms. The number of hydrogen-bond acceptors (Lipinski definition) is 3. The number of carbonyl (C=O) groups is 1. The van der Waals surface area contributed by atoms with Crippen LogP contribution in [-0.4, -0.2) is 19.1 Å². The van der Waals surface area contributed by atoms with Crippen LogP contribution in [0.1, 0.15) is 31.7 Å². The normalized spacial score (nSPS) is 12.0. The second kappa shape index (κ2) is 7.27. The lowest BCUT2D eigenvalue weighted by molar-refractivity contribution is -0.141. The van der Waals surface area contributed by atoms with Gasteiger partial charge in [0.2, 0.25) is 0 Å². The molecule has 0 heterocycles. The van der Waals surface area contributed by atoms with E-state index in [1.165, 1.54) is 7.11 Å². The highest BCUT2D eigenvalue weighted by atomic mass is 35.5. The number of ether oxygens (including phenoxy) is 1. The molecule has 1 N–H and O–H groups in total. The van der Waals surface area contributed by atoms with E-state index in [-0.39, 0.29) is 12.0 Å². The highest BCUT2D eigenvalue weighted by Crippen LogP contribution is 2.26. The molecule has 0 radical (unpaired) electrons. The molecule has 0 fully saturated rings. The molecular formula is C14H20ClNO2. The first-order valence-corrected chi connectivity index (χ1v) is 6.57. The van der Waals surface area contributed by atoms with E-state index in [2.05, 4.69) is 12.2 Å². The molecule has 0 saturated heterocycles. The van der Waals surface area contributed by atoms with Crippen molar-refractivity contribution in [1.82, 2.24) is 0 Å². The minimum absolute atomic E-state index is 0.249. The fourth-order valence-electron chi connectivity index (χ4n) is 1.75. The Morgan fingerprint density at radius 3 is 2.83 bits per heavy atom. The average Bonchev–Trinajstić information content (AvgIpc) is 2.38. The maximum absolute atomic E-state index is 11.7. The summed E-state index contributed by atoms with van der Waals surface area (Å²) < 4.78 is 4.81. The molecule has 1 aromatic rings. The number of rotatable bonds is 6. The average molecular weight is 270 g/mol. The van der Waals surface area contributed by atoms with Gasteiger partial charge in [-0.15, -0.1) is 0 Å². The number of unbranched alkanes of at least 4 members (excludes halogenated alkanes) is 1. The molecule has 0 aliphatic rings. The standard InChI is InChI=1S/C14H20ClNO2/c1-4-5-8-12(14(17)18-3)16-11-9-6-7-10(2)13(11)15/h6-7,9,12,16H,4-5,8H2,1-3H3. The van der Waals surface area contributed by atoms with Crippen molar-refractivity contribution in [2.45, 2.75) is 39.2 Å². The summed E-state index contributed by atoms with van der Waals surface area (Å²) >= 11 is 6.20. The summed E-state index contributed by atoms with van der Waals surface area (Å²) in [5.74, 6) is -0.249. The number of halogens is 1. The first-order valence-electron chi connectivity index (χ1n) is 6.19. The number of esters is 1. The van der Waals surface area contributed by atoms with Gasteiger partial charge in [0.25, 0.3) is 0 Å². The summed E-state index contributed by atoms with van der Waals surface area (Å²) in [6.07, 6.45) is 2.75. The molecule has 0 aliphatic carbocycles. The summed E-state index contributed by atoms with van der Waals surface area (Å²) in [5, 5.41) is 3.82. The van der Waals surface area contributed by atoms with Crippen LogP contribution in [0.4, 0.5) is 5.69 Å². The largest absolute Gasteiger partial charge is 0.467 e. The molecule has 0 bridgehead atoms. The van der Waals surface area contributed by atoms with Crippen molar-refractivity contribution < 1.29 is 9.53 Å². The number of hydrogen-bond donors (Lipinski definition) is 1. The lowest BCUT2D eigenvalue weighted by Gasteiger charge is -2.18. The maximum atomic E-state index is 11.7. The summed E-state index contributed by atoms with van der Waals surface area (Å²) in [4.78, 5) is 11.7. The molecule has 3 nitrogen and oxygen atoms in total. The molecule has 0 amide bonds. The second-order valence-corrected chi connectivity index (χ2v) is 4.68. The monoisotopic (exact) mass is 269 g/mol. The van der Waals surface area contributed by atoms with Crippen LogP contribution in [0.3, 0.4) is 0 Å². The molecule has 100 valence electrons. The van der Waals surface area contributed by atoms with Gasteiger partial charge in [0.1, 0.15) is 6.04 Å². The van der Waals surface area contributed by atoms with E-state index in [1.54, 1.807) is 0 Å². The molecule has 1 aromatic carbocycles. The van der Waals surface area contributed by atoms with Crippen LogP contribution in [-0.2, 0) is 9.53 Å². The van der Waals surface area contributed by atoms with Crippen LogP contribution >= 0.6 is 11.6 Å². The van der Waals surface area contributed by atoms with Gasteiger partial charge in [0, 0.05) is 0 Å². The second-order valence-electron chi connectivity index (χ2n) is 4.30. The summed E-state index contributed by atoms with van der Waals surface area (Å²) in [7, 11) is 1.40. The molecule has 0 saturated carbocycles. The molecule has 1 rings (SSSR count). The van der Waals surface area contributed by atoms with Gasteiger partial charge in [0.15, 0.2) is 0 Å². The van der Waals surface area contributed by atoms with Crippen LogP contribution in [0.15, 0.2) is 18.2 Å². The number of methoxy groups -OCH3 is 1. The highest BCUT2D eigenvalue weighted by molar-refractivity contribution is 6.34.